The lowest BCUT2D eigenvalue weighted by molar-refractivity contribution is -0.142. The summed E-state index contributed by atoms with van der Waals surface area (Å²) in [5, 5.41) is 2.94. The van der Waals surface area contributed by atoms with Gasteiger partial charge in [-0.15, -0.1) is 0 Å². The summed E-state index contributed by atoms with van der Waals surface area (Å²) in [5.74, 6) is -0.0631. The van der Waals surface area contributed by atoms with Gasteiger partial charge in [-0.05, 0) is 36.8 Å². The van der Waals surface area contributed by atoms with E-state index in [2.05, 4.69) is 17.5 Å². The topological polar surface area (TPSA) is 55.4 Å². The minimum atomic E-state index is -0.124. The maximum Gasteiger partial charge on any atom is 0.306 e. The van der Waals surface area contributed by atoms with Crippen LogP contribution in [-0.4, -0.2) is 25.0 Å². The molecule has 0 heterocycles. The van der Waals surface area contributed by atoms with E-state index in [1.165, 1.54) is 0 Å². The smallest absolute Gasteiger partial charge is 0.306 e. The van der Waals surface area contributed by atoms with Gasteiger partial charge in [-0.1, -0.05) is 61.4 Å². The summed E-state index contributed by atoms with van der Waals surface area (Å²) >= 11 is 0. The molecule has 0 bridgehead atoms. The van der Waals surface area contributed by atoms with Crippen molar-refractivity contribution in [3.05, 3.63) is 59.7 Å². The summed E-state index contributed by atoms with van der Waals surface area (Å²) in [6.07, 6.45) is 13.0. The number of amides is 1. The summed E-state index contributed by atoms with van der Waals surface area (Å²) < 4.78 is 5.28. The molecule has 1 aliphatic rings. The minimum absolute atomic E-state index is 0. The molecule has 1 aromatic carbocycles. The number of rotatable bonds is 11. The van der Waals surface area contributed by atoms with Gasteiger partial charge in [0.25, 0.3) is 0 Å². The van der Waals surface area contributed by atoms with Crippen molar-refractivity contribution in [1.82, 2.24) is 5.32 Å². The number of ether oxygens (including phenoxy) is 1. The Morgan fingerprint density at radius 2 is 1.85 bits per heavy atom. The molecule has 0 saturated carbocycles. The zero-order valence-electron chi connectivity index (χ0n) is 15.4. The van der Waals surface area contributed by atoms with Crippen LogP contribution in [0.4, 0.5) is 0 Å². The molecular formula is C22H31NO3. The highest BCUT2D eigenvalue weighted by molar-refractivity contribution is 5.78. The number of carbonyl (C=O) groups excluding carboxylic acids is 2. The van der Waals surface area contributed by atoms with Gasteiger partial charge in [0.1, 0.15) is 6.61 Å². The molecule has 4 heteroatoms. The van der Waals surface area contributed by atoms with E-state index in [0.717, 1.165) is 49.7 Å². The van der Waals surface area contributed by atoms with Crippen molar-refractivity contribution < 1.29 is 15.8 Å². The van der Waals surface area contributed by atoms with Crippen LogP contribution < -0.4 is 5.32 Å². The first-order valence-corrected chi connectivity index (χ1v) is 9.56. The third kappa shape index (κ3) is 8.65. The molecule has 0 aromatic heterocycles. The normalized spacial score (nSPS) is 13.2. The average Bonchev–Trinajstić information content (AvgIpc) is 2.67. The number of unbranched alkanes of at least 4 members (excludes halogenated alkanes) is 3. The third-order valence-corrected chi connectivity index (χ3v) is 4.31. The summed E-state index contributed by atoms with van der Waals surface area (Å²) in [6, 6.07) is 9.74. The van der Waals surface area contributed by atoms with E-state index in [9.17, 15) is 9.59 Å². The zero-order chi connectivity index (χ0) is 18.5. The molecule has 0 radical (unpaired) electrons. The van der Waals surface area contributed by atoms with Gasteiger partial charge in [0.05, 0.1) is 6.42 Å². The van der Waals surface area contributed by atoms with Crippen molar-refractivity contribution in [3.63, 3.8) is 0 Å². The van der Waals surface area contributed by atoms with Crippen LogP contribution in [0.2, 0.25) is 0 Å². The van der Waals surface area contributed by atoms with Crippen molar-refractivity contribution in [2.75, 3.05) is 13.2 Å². The second-order valence-electron chi connectivity index (χ2n) is 6.60. The van der Waals surface area contributed by atoms with E-state index in [4.69, 9.17) is 4.74 Å². The minimum Gasteiger partial charge on any atom is -0.461 e. The summed E-state index contributed by atoms with van der Waals surface area (Å²) in [5.41, 5.74) is 2.12. The van der Waals surface area contributed by atoms with Crippen LogP contribution in [-0.2, 0) is 20.7 Å². The predicted molar refractivity (Wildman–Crippen MR) is 106 cm³/mol. The molecule has 0 saturated heterocycles. The Hall–Kier alpha value is -2.36. The molecule has 0 atom stereocenters. The lowest BCUT2D eigenvalue weighted by Crippen LogP contribution is -2.26. The van der Waals surface area contributed by atoms with E-state index < -0.39 is 0 Å². The molecule has 26 heavy (non-hydrogen) atoms. The number of hydrogen-bond acceptors (Lipinski definition) is 3. The molecule has 0 fully saturated rings. The van der Waals surface area contributed by atoms with Gasteiger partial charge in [0, 0.05) is 14.4 Å². The first-order valence-electron chi connectivity index (χ1n) is 9.56. The third-order valence-electron chi connectivity index (χ3n) is 4.31. The summed E-state index contributed by atoms with van der Waals surface area (Å²) in [4.78, 5) is 23.5. The van der Waals surface area contributed by atoms with Crippen molar-refractivity contribution in [1.29, 1.82) is 0 Å². The summed E-state index contributed by atoms with van der Waals surface area (Å²) in [6.45, 7) is 1.08. The van der Waals surface area contributed by atoms with Crippen LogP contribution in [0.3, 0.4) is 0 Å². The maximum absolute atomic E-state index is 11.8. The van der Waals surface area contributed by atoms with Gasteiger partial charge in [-0.25, -0.2) is 0 Å². The molecule has 1 N–H and O–H groups in total. The monoisotopic (exact) mass is 357 g/mol. The molecule has 0 spiro atoms. The quantitative estimate of drug-likeness (QED) is 0.473. The highest BCUT2D eigenvalue weighted by Gasteiger charge is 2.05. The molecule has 0 unspecified atom stereocenters. The van der Waals surface area contributed by atoms with Crippen LogP contribution in [0.25, 0.3) is 0 Å². The fraction of sp³-hybridized carbons (Fsp3) is 0.455. The number of hydrogen-bond donors (Lipinski definition) is 1. The molecule has 4 nitrogen and oxygen atoms in total. The van der Waals surface area contributed by atoms with E-state index in [1.54, 1.807) is 0 Å². The summed E-state index contributed by atoms with van der Waals surface area (Å²) in [7, 11) is 0. The predicted octanol–water partition coefficient (Wildman–Crippen LogP) is 4.36. The highest BCUT2D eigenvalue weighted by Crippen LogP contribution is 2.11. The second-order valence-corrected chi connectivity index (χ2v) is 6.60. The molecule has 1 aliphatic carbocycles. The molecule has 1 amide bonds. The van der Waals surface area contributed by atoms with Gasteiger partial charge in [-0.2, -0.15) is 0 Å². The number of allylic oxidation sites excluding steroid dienone is 2. The van der Waals surface area contributed by atoms with Crippen molar-refractivity contribution in [2.45, 2.75) is 51.4 Å². The first-order chi connectivity index (χ1) is 12.7. The van der Waals surface area contributed by atoms with E-state index in [0.29, 0.717) is 26.0 Å². The Morgan fingerprint density at radius 1 is 1.04 bits per heavy atom. The number of nitrogens with one attached hydrogen (secondary N) is 1. The fourth-order valence-corrected chi connectivity index (χ4v) is 2.83. The molecule has 2 rings (SSSR count). The molecular weight excluding hydrogens is 326 g/mol. The molecule has 1 aromatic rings. The van der Waals surface area contributed by atoms with Crippen molar-refractivity contribution in [2.24, 2.45) is 0 Å². The lowest BCUT2D eigenvalue weighted by Gasteiger charge is -2.08. The Balaban J connectivity index is 0.00000364. The van der Waals surface area contributed by atoms with Crippen LogP contribution in [0, 0.1) is 0 Å². The van der Waals surface area contributed by atoms with Gasteiger partial charge in [0.2, 0.25) is 5.91 Å². The Labute approximate surface area is 157 Å². The van der Waals surface area contributed by atoms with E-state index >= 15 is 0 Å². The molecule has 0 aliphatic heterocycles. The number of carbonyl (C=O) groups is 2. The standard InChI is InChI=1S/C22H29NO3.H2/c24-21(17-19-11-5-3-6-12-19)23-16-10-2-1-9-15-22(25)26-18-20-13-7-4-8-14-20;/h3,5-7,11-14H,1-2,4,8-10,15-18H2,(H,23,24);1H. The number of esters is 1. The van der Waals surface area contributed by atoms with Gasteiger partial charge in [-0.3, -0.25) is 9.59 Å². The van der Waals surface area contributed by atoms with Gasteiger partial charge >= 0.3 is 5.97 Å². The van der Waals surface area contributed by atoms with E-state index in [-0.39, 0.29) is 13.3 Å². The fourth-order valence-electron chi connectivity index (χ4n) is 2.83. The van der Waals surface area contributed by atoms with Gasteiger partial charge in [0.15, 0.2) is 0 Å². The number of benzene rings is 1. The Bertz CT molecular complexity index is 626. The average molecular weight is 357 g/mol. The van der Waals surface area contributed by atoms with Crippen LogP contribution in [0.1, 0.15) is 51.9 Å². The highest BCUT2D eigenvalue weighted by atomic mass is 16.5. The second kappa shape index (κ2) is 12.1. The lowest BCUT2D eigenvalue weighted by atomic mass is 10.1. The Kier molecular flexibility index (Phi) is 9.26. The first kappa shape index (κ1) is 20.0. The van der Waals surface area contributed by atoms with Crippen LogP contribution in [0.5, 0.6) is 0 Å². The van der Waals surface area contributed by atoms with Crippen LogP contribution in [0.15, 0.2) is 54.1 Å². The molecule has 142 valence electrons. The SMILES string of the molecule is O=C(Cc1ccccc1)NCCCCCCC(=O)OCC1=CCCC=C1.[HH]. The van der Waals surface area contributed by atoms with Crippen molar-refractivity contribution in [3.8, 4) is 0 Å². The van der Waals surface area contributed by atoms with Crippen LogP contribution >= 0.6 is 0 Å². The maximum atomic E-state index is 11.8. The zero-order valence-corrected chi connectivity index (χ0v) is 15.4. The van der Waals surface area contributed by atoms with E-state index in [1.807, 2.05) is 36.4 Å². The van der Waals surface area contributed by atoms with Gasteiger partial charge < -0.3 is 10.1 Å². The van der Waals surface area contributed by atoms with Crippen molar-refractivity contribution >= 4 is 11.9 Å². The largest absolute Gasteiger partial charge is 0.461 e. The Morgan fingerprint density at radius 3 is 2.62 bits per heavy atom.